The van der Waals surface area contributed by atoms with Crippen molar-refractivity contribution in [1.82, 2.24) is 30.2 Å². The number of aromatic amines is 1. The van der Waals surface area contributed by atoms with Gasteiger partial charge < -0.3 is 14.3 Å². The van der Waals surface area contributed by atoms with E-state index < -0.39 is 0 Å². The lowest BCUT2D eigenvalue weighted by Crippen LogP contribution is -2.49. The second-order valence-corrected chi connectivity index (χ2v) is 6.91. The minimum atomic E-state index is 0.163. The van der Waals surface area contributed by atoms with E-state index >= 15 is 0 Å². The van der Waals surface area contributed by atoms with Gasteiger partial charge in [0, 0.05) is 44.6 Å². The summed E-state index contributed by atoms with van der Waals surface area (Å²) < 4.78 is 5.33. The van der Waals surface area contributed by atoms with E-state index in [4.69, 9.17) is 4.52 Å². The van der Waals surface area contributed by atoms with Crippen LogP contribution in [0.3, 0.4) is 0 Å². The maximum Gasteiger partial charge on any atom is 0.226 e. The summed E-state index contributed by atoms with van der Waals surface area (Å²) in [7, 11) is 0. The molecule has 146 valence electrons. The molecule has 1 aliphatic heterocycles. The lowest BCUT2D eigenvalue weighted by Gasteiger charge is -2.34. The summed E-state index contributed by atoms with van der Waals surface area (Å²) in [5.41, 5.74) is 2.09. The number of aromatic nitrogens is 5. The van der Waals surface area contributed by atoms with Crippen molar-refractivity contribution in [2.45, 2.75) is 26.2 Å². The summed E-state index contributed by atoms with van der Waals surface area (Å²) in [4.78, 5) is 25.0. The molecule has 0 spiro atoms. The van der Waals surface area contributed by atoms with Gasteiger partial charge >= 0.3 is 0 Å². The zero-order chi connectivity index (χ0) is 19.3. The van der Waals surface area contributed by atoms with Crippen LogP contribution < -0.4 is 4.90 Å². The molecule has 9 heteroatoms. The normalized spacial score (nSPS) is 14.5. The Kier molecular flexibility index (Phi) is 5.31. The largest absolute Gasteiger partial charge is 0.339 e. The molecule has 0 radical (unpaired) electrons. The lowest BCUT2D eigenvalue weighted by atomic mass is 10.1. The van der Waals surface area contributed by atoms with Crippen molar-refractivity contribution in [3.8, 4) is 11.4 Å². The summed E-state index contributed by atoms with van der Waals surface area (Å²) in [5, 5.41) is 10.8. The van der Waals surface area contributed by atoms with Gasteiger partial charge in [0.2, 0.25) is 23.6 Å². The maximum atomic E-state index is 12.5. The van der Waals surface area contributed by atoms with E-state index in [-0.39, 0.29) is 5.91 Å². The number of benzene rings is 1. The van der Waals surface area contributed by atoms with Crippen molar-refractivity contribution in [1.29, 1.82) is 0 Å². The molecule has 0 bridgehead atoms. The van der Waals surface area contributed by atoms with Crippen LogP contribution in [0.25, 0.3) is 11.4 Å². The van der Waals surface area contributed by atoms with Crippen molar-refractivity contribution in [2.24, 2.45) is 0 Å². The number of hydrogen-bond donors (Lipinski definition) is 1. The zero-order valence-electron chi connectivity index (χ0n) is 15.8. The number of aryl methyl sites for hydroxylation is 2. The minimum absolute atomic E-state index is 0.163. The molecule has 0 unspecified atom stereocenters. The Bertz CT molecular complexity index is 914. The zero-order valence-corrected chi connectivity index (χ0v) is 15.8. The predicted octanol–water partition coefficient (Wildman–Crippen LogP) is 1.83. The van der Waals surface area contributed by atoms with Gasteiger partial charge in [0.15, 0.2) is 0 Å². The number of carbonyl (C=O) groups excluding carboxylic acids is 1. The number of hydrogen-bond acceptors (Lipinski definition) is 7. The molecule has 28 heavy (non-hydrogen) atoms. The van der Waals surface area contributed by atoms with Crippen LogP contribution in [0.1, 0.15) is 24.3 Å². The average Bonchev–Trinajstić information content (AvgIpc) is 3.40. The summed E-state index contributed by atoms with van der Waals surface area (Å²) >= 11 is 0. The number of anilines is 1. The number of rotatable bonds is 6. The highest BCUT2D eigenvalue weighted by Gasteiger charge is 2.22. The van der Waals surface area contributed by atoms with Gasteiger partial charge in [0.1, 0.15) is 6.33 Å². The van der Waals surface area contributed by atoms with Crippen LogP contribution in [0, 0.1) is 6.92 Å². The van der Waals surface area contributed by atoms with E-state index in [1.54, 1.807) is 0 Å². The van der Waals surface area contributed by atoms with Crippen LogP contribution in [-0.2, 0) is 11.2 Å². The van der Waals surface area contributed by atoms with Gasteiger partial charge in [-0.3, -0.25) is 4.79 Å². The average molecular weight is 381 g/mol. The molecule has 1 N–H and O–H groups in total. The molecule has 0 atom stereocenters. The van der Waals surface area contributed by atoms with Crippen LogP contribution in [0.15, 0.2) is 35.1 Å². The molecule has 3 heterocycles. The number of H-pyrrole nitrogens is 1. The Morgan fingerprint density at radius 1 is 1.25 bits per heavy atom. The van der Waals surface area contributed by atoms with Crippen molar-refractivity contribution < 1.29 is 9.32 Å². The molecule has 9 nitrogen and oxygen atoms in total. The molecule has 1 aliphatic rings. The molecular formula is C19H23N7O2. The minimum Gasteiger partial charge on any atom is -0.339 e. The van der Waals surface area contributed by atoms with Crippen LogP contribution >= 0.6 is 0 Å². The lowest BCUT2D eigenvalue weighted by molar-refractivity contribution is -0.131. The molecule has 1 aromatic carbocycles. The highest BCUT2D eigenvalue weighted by Crippen LogP contribution is 2.18. The molecule has 0 saturated carbocycles. The number of nitrogens with one attached hydrogen (secondary N) is 1. The molecule has 2 aromatic heterocycles. The maximum absolute atomic E-state index is 12.5. The molecule has 1 fully saturated rings. The Labute approximate surface area is 162 Å². The summed E-state index contributed by atoms with van der Waals surface area (Å²) in [6.45, 7) is 4.92. The third-order valence-corrected chi connectivity index (χ3v) is 4.86. The summed E-state index contributed by atoms with van der Waals surface area (Å²) in [6, 6.07) is 7.99. The molecule has 0 aliphatic carbocycles. The Balaban J connectivity index is 1.23. The van der Waals surface area contributed by atoms with Gasteiger partial charge in [-0.05, 0) is 19.4 Å². The molecule has 1 amide bonds. The van der Waals surface area contributed by atoms with Crippen LogP contribution in [0.5, 0.6) is 0 Å². The second kappa shape index (κ2) is 8.20. The fraction of sp³-hybridized carbons (Fsp3) is 0.421. The fourth-order valence-electron chi connectivity index (χ4n) is 3.33. The van der Waals surface area contributed by atoms with E-state index in [9.17, 15) is 4.79 Å². The quantitative estimate of drug-likeness (QED) is 0.695. The number of amides is 1. The van der Waals surface area contributed by atoms with E-state index in [0.717, 1.165) is 30.2 Å². The first-order valence-electron chi connectivity index (χ1n) is 9.47. The van der Waals surface area contributed by atoms with E-state index in [1.165, 1.54) is 6.33 Å². The Hall–Kier alpha value is -3.23. The Morgan fingerprint density at radius 2 is 2.11 bits per heavy atom. The Morgan fingerprint density at radius 3 is 2.86 bits per heavy atom. The SMILES string of the molecule is Cc1cccc(-c2noc(CCCC(=O)N3CCN(c4ncn[nH]4)CC3)n2)c1. The van der Waals surface area contributed by atoms with E-state index in [1.807, 2.05) is 36.1 Å². The van der Waals surface area contributed by atoms with Gasteiger partial charge in [0.05, 0.1) is 0 Å². The smallest absolute Gasteiger partial charge is 0.226 e. The first kappa shape index (κ1) is 18.1. The van der Waals surface area contributed by atoms with Gasteiger partial charge in [-0.2, -0.15) is 15.1 Å². The predicted molar refractivity (Wildman–Crippen MR) is 103 cm³/mol. The van der Waals surface area contributed by atoms with Crippen molar-refractivity contribution in [3.05, 3.63) is 42.0 Å². The van der Waals surface area contributed by atoms with Crippen molar-refractivity contribution in [2.75, 3.05) is 31.1 Å². The van der Waals surface area contributed by atoms with E-state index in [2.05, 4.69) is 30.2 Å². The summed E-state index contributed by atoms with van der Waals surface area (Å²) in [5.74, 6) is 2.08. The molecule has 1 saturated heterocycles. The van der Waals surface area contributed by atoms with Crippen LogP contribution in [0.2, 0.25) is 0 Å². The third-order valence-electron chi connectivity index (χ3n) is 4.86. The number of nitrogens with zero attached hydrogens (tertiary/aromatic N) is 6. The van der Waals surface area contributed by atoms with E-state index in [0.29, 0.717) is 44.1 Å². The third kappa shape index (κ3) is 4.19. The van der Waals surface area contributed by atoms with Crippen molar-refractivity contribution in [3.63, 3.8) is 0 Å². The first-order chi connectivity index (χ1) is 13.7. The highest BCUT2D eigenvalue weighted by molar-refractivity contribution is 5.76. The van der Waals surface area contributed by atoms with Crippen molar-refractivity contribution >= 4 is 11.9 Å². The van der Waals surface area contributed by atoms with Gasteiger partial charge in [-0.15, -0.1) is 0 Å². The number of piperazine rings is 1. The molecule has 3 aromatic rings. The van der Waals surface area contributed by atoms with Crippen LogP contribution in [-0.4, -0.2) is 62.3 Å². The summed E-state index contributed by atoms with van der Waals surface area (Å²) in [6.07, 6.45) is 3.26. The standard InChI is InChI=1S/C19H23N7O2/c1-14-4-2-5-15(12-14)18-22-16(28-24-18)6-3-7-17(27)25-8-10-26(11-9-25)19-20-13-21-23-19/h2,4-5,12-13H,3,6-11H2,1H3,(H,20,21,23). The van der Waals surface area contributed by atoms with Crippen LogP contribution in [0.4, 0.5) is 5.95 Å². The molecule has 4 rings (SSSR count). The first-order valence-corrected chi connectivity index (χ1v) is 9.47. The second-order valence-electron chi connectivity index (χ2n) is 6.91. The topological polar surface area (TPSA) is 104 Å². The molecular weight excluding hydrogens is 358 g/mol. The highest BCUT2D eigenvalue weighted by atomic mass is 16.5. The monoisotopic (exact) mass is 381 g/mol. The van der Waals surface area contributed by atoms with Gasteiger partial charge in [0.25, 0.3) is 0 Å². The van der Waals surface area contributed by atoms with Gasteiger partial charge in [-0.25, -0.2) is 5.10 Å². The number of carbonyl (C=O) groups is 1. The fourth-order valence-corrected chi connectivity index (χ4v) is 3.33. The van der Waals surface area contributed by atoms with Gasteiger partial charge in [-0.1, -0.05) is 28.9 Å².